The van der Waals surface area contributed by atoms with E-state index in [2.05, 4.69) is 36.8 Å². The van der Waals surface area contributed by atoms with Crippen LogP contribution >= 0.6 is 15.9 Å². The third-order valence-corrected chi connectivity index (χ3v) is 2.55. The molecule has 0 saturated heterocycles. The van der Waals surface area contributed by atoms with Gasteiger partial charge in [-0.1, -0.05) is 21.0 Å². The van der Waals surface area contributed by atoms with Crippen molar-refractivity contribution in [2.24, 2.45) is 0 Å². The van der Waals surface area contributed by atoms with Crippen molar-refractivity contribution < 1.29 is 4.42 Å². The number of anilines is 2. The van der Waals surface area contributed by atoms with Crippen LogP contribution in [0.25, 0.3) is 0 Å². The van der Waals surface area contributed by atoms with E-state index in [1.165, 1.54) is 0 Å². The van der Waals surface area contributed by atoms with Crippen molar-refractivity contribution in [1.82, 2.24) is 15.5 Å². The van der Waals surface area contributed by atoms with Gasteiger partial charge in [-0.15, -0.1) is 5.10 Å². The molecular weight excluding hydrogens is 284 g/mol. The van der Waals surface area contributed by atoms with Crippen LogP contribution in [-0.2, 0) is 6.54 Å². The average molecular weight is 297 g/mol. The normalized spacial score (nSPS) is 10.5. The second kappa shape index (κ2) is 5.29. The van der Waals surface area contributed by atoms with Crippen LogP contribution in [0.4, 0.5) is 11.7 Å². The molecule has 5 nitrogen and oxygen atoms in total. The van der Waals surface area contributed by atoms with Crippen molar-refractivity contribution in [3.05, 3.63) is 34.1 Å². The number of rotatable bonds is 4. The van der Waals surface area contributed by atoms with Crippen LogP contribution < -0.4 is 10.6 Å². The lowest BCUT2D eigenvalue weighted by atomic mass is 10.2. The molecular formula is C11H13BrN4O. The summed E-state index contributed by atoms with van der Waals surface area (Å²) in [6.45, 7) is 2.59. The fourth-order valence-corrected chi connectivity index (χ4v) is 2.07. The number of nitrogens with one attached hydrogen (secondary N) is 2. The highest BCUT2D eigenvalue weighted by Crippen LogP contribution is 2.22. The number of halogens is 1. The Bertz CT molecular complexity index is 492. The van der Waals surface area contributed by atoms with E-state index in [1.54, 1.807) is 0 Å². The lowest BCUT2D eigenvalue weighted by Crippen LogP contribution is -2.04. The highest BCUT2D eigenvalue weighted by atomic mass is 79.9. The molecule has 0 spiro atoms. The molecule has 0 bridgehead atoms. The lowest BCUT2D eigenvalue weighted by Gasteiger charge is -2.03. The number of benzene rings is 1. The molecule has 0 unspecified atom stereocenters. The molecule has 1 heterocycles. The van der Waals surface area contributed by atoms with Crippen molar-refractivity contribution in [2.75, 3.05) is 12.4 Å². The first-order valence-electron chi connectivity index (χ1n) is 5.18. The summed E-state index contributed by atoms with van der Waals surface area (Å²) >= 11 is 3.44. The van der Waals surface area contributed by atoms with Crippen LogP contribution in [0, 0.1) is 6.92 Å². The van der Waals surface area contributed by atoms with Gasteiger partial charge < -0.3 is 15.1 Å². The standard InChI is InChI=1S/C11H13BrN4O/c1-7-3-8(12)5-9(4-7)14-11-16-15-10(17-11)6-13-2/h3-5,13H,6H2,1-2H3,(H,14,16). The van der Waals surface area contributed by atoms with E-state index < -0.39 is 0 Å². The van der Waals surface area contributed by atoms with Crippen LogP contribution in [0.1, 0.15) is 11.5 Å². The highest BCUT2D eigenvalue weighted by Gasteiger charge is 2.05. The topological polar surface area (TPSA) is 63.0 Å². The first kappa shape index (κ1) is 12.1. The number of hydrogen-bond acceptors (Lipinski definition) is 5. The van der Waals surface area contributed by atoms with Gasteiger partial charge >= 0.3 is 6.01 Å². The molecule has 0 fully saturated rings. The van der Waals surface area contributed by atoms with Crippen molar-refractivity contribution in [3.63, 3.8) is 0 Å². The Kier molecular flexibility index (Phi) is 3.75. The molecule has 1 aromatic heterocycles. The Morgan fingerprint density at radius 2 is 2.12 bits per heavy atom. The predicted octanol–water partition coefficient (Wildman–Crippen LogP) is 2.60. The largest absolute Gasteiger partial charge is 0.406 e. The first-order chi connectivity index (χ1) is 8.17. The van der Waals surface area contributed by atoms with E-state index in [4.69, 9.17) is 4.42 Å². The maximum absolute atomic E-state index is 5.40. The van der Waals surface area contributed by atoms with Crippen LogP contribution in [0.3, 0.4) is 0 Å². The molecule has 2 rings (SSSR count). The van der Waals surface area contributed by atoms with Crippen molar-refractivity contribution in [2.45, 2.75) is 13.5 Å². The van der Waals surface area contributed by atoms with Crippen LogP contribution in [0.15, 0.2) is 27.1 Å². The minimum Gasteiger partial charge on any atom is -0.406 e. The molecule has 2 N–H and O–H groups in total. The van der Waals surface area contributed by atoms with E-state index in [0.29, 0.717) is 18.5 Å². The molecule has 0 aliphatic rings. The third kappa shape index (κ3) is 3.28. The molecule has 0 saturated carbocycles. The zero-order valence-electron chi connectivity index (χ0n) is 9.62. The summed E-state index contributed by atoms with van der Waals surface area (Å²) in [7, 11) is 1.83. The summed E-state index contributed by atoms with van der Waals surface area (Å²) in [5, 5.41) is 13.8. The maximum atomic E-state index is 5.40. The molecule has 0 radical (unpaired) electrons. The molecule has 6 heteroatoms. The summed E-state index contributed by atoms with van der Waals surface area (Å²) in [5.74, 6) is 0.557. The number of aryl methyl sites for hydroxylation is 1. The number of hydrogen-bond donors (Lipinski definition) is 2. The molecule has 0 amide bonds. The van der Waals surface area contributed by atoms with Gasteiger partial charge in [0.1, 0.15) is 0 Å². The van der Waals surface area contributed by atoms with Gasteiger partial charge in [-0.3, -0.25) is 0 Å². The van der Waals surface area contributed by atoms with Crippen molar-refractivity contribution in [3.8, 4) is 0 Å². The van der Waals surface area contributed by atoms with Gasteiger partial charge in [0.05, 0.1) is 6.54 Å². The van der Waals surface area contributed by atoms with E-state index in [1.807, 2.05) is 32.2 Å². The minimum absolute atomic E-state index is 0.396. The van der Waals surface area contributed by atoms with Gasteiger partial charge in [-0.2, -0.15) is 0 Å². The lowest BCUT2D eigenvalue weighted by molar-refractivity contribution is 0.493. The summed E-state index contributed by atoms with van der Waals surface area (Å²) in [6.07, 6.45) is 0. The summed E-state index contributed by atoms with van der Waals surface area (Å²) < 4.78 is 6.41. The van der Waals surface area contributed by atoms with Crippen LogP contribution in [-0.4, -0.2) is 17.2 Å². The number of aromatic nitrogens is 2. The van der Waals surface area contributed by atoms with Gasteiger partial charge in [0.25, 0.3) is 0 Å². The SMILES string of the molecule is CNCc1nnc(Nc2cc(C)cc(Br)c2)o1. The fraction of sp³-hybridized carbons (Fsp3) is 0.273. The average Bonchev–Trinajstić information content (AvgIpc) is 2.64. The van der Waals surface area contributed by atoms with Gasteiger partial charge in [-0.25, -0.2) is 0 Å². The Balaban J connectivity index is 2.13. The molecule has 0 aliphatic carbocycles. The zero-order valence-corrected chi connectivity index (χ0v) is 11.2. The number of nitrogens with zero attached hydrogens (tertiary/aromatic N) is 2. The van der Waals surface area contributed by atoms with Crippen LogP contribution in [0.5, 0.6) is 0 Å². The molecule has 0 aliphatic heterocycles. The third-order valence-electron chi connectivity index (χ3n) is 2.09. The van der Waals surface area contributed by atoms with E-state index in [-0.39, 0.29) is 0 Å². The van der Waals surface area contributed by atoms with Crippen molar-refractivity contribution in [1.29, 1.82) is 0 Å². The summed E-state index contributed by atoms with van der Waals surface area (Å²) in [4.78, 5) is 0. The Morgan fingerprint density at radius 3 is 2.82 bits per heavy atom. The van der Waals surface area contributed by atoms with Gasteiger partial charge in [0, 0.05) is 10.2 Å². The smallest absolute Gasteiger partial charge is 0.320 e. The second-order valence-corrected chi connectivity index (χ2v) is 4.59. The van der Waals surface area contributed by atoms with Crippen LogP contribution in [0.2, 0.25) is 0 Å². The van der Waals surface area contributed by atoms with E-state index >= 15 is 0 Å². The Labute approximate surface area is 108 Å². The van der Waals surface area contributed by atoms with Crippen molar-refractivity contribution >= 4 is 27.6 Å². The van der Waals surface area contributed by atoms with Gasteiger partial charge in [0.2, 0.25) is 5.89 Å². The Hall–Kier alpha value is -1.40. The Morgan fingerprint density at radius 1 is 1.29 bits per heavy atom. The molecule has 1 aromatic carbocycles. The maximum Gasteiger partial charge on any atom is 0.320 e. The minimum atomic E-state index is 0.396. The highest BCUT2D eigenvalue weighted by molar-refractivity contribution is 9.10. The van der Waals surface area contributed by atoms with E-state index in [0.717, 1.165) is 15.7 Å². The molecule has 0 atom stereocenters. The molecule has 17 heavy (non-hydrogen) atoms. The zero-order chi connectivity index (χ0) is 12.3. The summed E-state index contributed by atoms with van der Waals surface area (Å²) in [6, 6.07) is 6.39. The monoisotopic (exact) mass is 296 g/mol. The summed E-state index contributed by atoms with van der Waals surface area (Å²) in [5.41, 5.74) is 2.06. The second-order valence-electron chi connectivity index (χ2n) is 3.67. The quantitative estimate of drug-likeness (QED) is 0.908. The van der Waals surface area contributed by atoms with Gasteiger partial charge in [-0.05, 0) is 37.7 Å². The van der Waals surface area contributed by atoms with E-state index in [9.17, 15) is 0 Å². The molecule has 2 aromatic rings. The molecule has 90 valence electrons. The first-order valence-corrected chi connectivity index (χ1v) is 5.98. The van der Waals surface area contributed by atoms with Gasteiger partial charge in [0.15, 0.2) is 0 Å². The predicted molar refractivity (Wildman–Crippen MR) is 69.2 cm³/mol. The fourth-order valence-electron chi connectivity index (χ4n) is 1.46.